The third kappa shape index (κ3) is 2.96. The van der Waals surface area contributed by atoms with Gasteiger partial charge in [0.2, 0.25) is 0 Å². The highest BCUT2D eigenvalue weighted by Crippen LogP contribution is 2.05. The molecule has 0 radical (unpaired) electrons. The summed E-state index contributed by atoms with van der Waals surface area (Å²) < 4.78 is 0. The summed E-state index contributed by atoms with van der Waals surface area (Å²) in [7, 11) is 1.80. The van der Waals surface area contributed by atoms with Crippen LogP contribution < -0.4 is 0 Å². The van der Waals surface area contributed by atoms with Gasteiger partial charge < -0.3 is 4.90 Å². The molecule has 0 aliphatic carbocycles. The van der Waals surface area contributed by atoms with E-state index >= 15 is 0 Å². The van der Waals surface area contributed by atoms with Crippen LogP contribution in [0.1, 0.15) is 23.3 Å². The molecule has 1 aromatic rings. The highest BCUT2D eigenvalue weighted by molar-refractivity contribution is 7.07. The molecule has 0 saturated heterocycles. The lowest BCUT2D eigenvalue weighted by molar-refractivity contribution is 0.0789. The SMILES string of the molecule is C=CCCCN(C)C(=O)c1cscn1. The second-order valence-electron chi connectivity index (χ2n) is 3.03. The number of hydrogen-bond donors (Lipinski definition) is 0. The Labute approximate surface area is 88.1 Å². The van der Waals surface area contributed by atoms with Crippen LogP contribution in [-0.2, 0) is 0 Å². The van der Waals surface area contributed by atoms with Crippen LogP contribution in [0.2, 0.25) is 0 Å². The van der Waals surface area contributed by atoms with Crippen molar-refractivity contribution < 1.29 is 4.79 Å². The van der Waals surface area contributed by atoms with E-state index in [-0.39, 0.29) is 5.91 Å². The van der Waals surface area contributed by atoms with Gasteiger partial charge in [-0.1, -0.05) is 6.08 Å². The lowest BCUT2D eigenvalue weighted by Gasteiger charge is -2.14. The summed E-state index contributed by atoms with van der Waals surface area (Å²) in [5, 5.41) is 1.77. The van der Waals surface area contributed by atoms with E-state index in [0.29, 0.717) is 5.69 Å². The van der Waals surface area contributed by atoms with Gasteiger partial charge in [0.1, 0.15) is 5.69 Å². The highest BCUT2D eigenvalue weighted by Gasteiger charge is 2.12. The molecule has 0 fully saturated rings. The number of amides is 1. The molecule has 0 saturated carbocycles. The van der Waals surface area contributed by atoms with E-state index in [2.05, 4.69) is 11.6 Å². The molecule has 14 heavy (non-hydrogen) atoms. The smallest absolute Gasteiger partial charge is 0.273 e. The minimum atomic E-state index is -0.00434. The minimum absolute atomic E-state index is 0.00434. The van der Waals surface area contributed by atoms with Crippen molar-refractivity contribution in [3.05, 3.63) is 29.2 Å². The largest absolute Gasteiger partial charge is 0.340 e. The van der Waals surface area contributed by atoms with Crippen molar-refractivity contribution in [3.63, 3.8) is 0 Å². The van der Waals surface area contributed by atoms with Crippen molar-refractivity contribution >= 4 is 17.2 Å². The van der Waals surface area contributed by atoms with Gasteiger partial charge >= 0.3 is 0 Å². The van der Waals surface area contributed by atoms with Crippen molar-refractivity contribution in [2.75, 3.05) is 13.6 Å². The number of carbonyl (C=O) groups excluding carboxylic acids is 1. The maximum atomic E-state index is 11.6. The van der Waals surface area contributed by atoms with Crippen LogP contribution in [0.25, 0.3) is 0 Å². The molecule has 0 spiro atoms. The quantitative estimate of drug-likeness (QED) is 0.551. The Kier molecular flexibility index (Phi) is 4.32. The van der Waals surface area contributed by atoms with Crippen LogP contribution in [0.4, 0.5) is 0 Å². The maximum absolute atomic E-state index is 11.6. The Bertz CT molecular complexity index is 295. The van der Waals surface area contributed by atoms with Crippen LogP contribution in [0.15, 0.2) is 23.5 Å². The number of thiazole rings is 1. The van der Waals surface area contributed by atoms with Gasteiger partial charge in [-0.2, -0.15) is 0 Å². The molecule has 1 heterocycles. The summed E-state index contributed by atoms with van der Waals surface area (Å²) in [6.45, 7) is 4.39. The van der Waals surface area contributed by atoms with Gasteiger partial charge in [-0.3, -0.25) is 4.79 Å². The van der Waals surface area contributed by atoms with Crippen LogP contribution in [0, 0.1) is 0 Å². The molecular weight excluding hydrogens is 196 g/mol. The average Bonchev–Trinajstić information content (AvgIpc) is 2.69. The van der Waals surface area contributed by atoms with Crippen LogP contribution >= 0.6 is 11.3 Å². The van der Waals surface area contributed by atoms with E-state index in [1.165, 1.54) is 11.3 Å². The summed E-state index contributed by atoms with van der Waals surface area (Å²) in [4.78, 5) is 17.3. The van der Waals surface area contributed by atoms with E-state index in [1.807, 2.05) is 6.08 Å². The lowest BCUT2D eigenvalue weighted by atomic mass is 10.3. The molecule has 4 heteroatoms. The van der Waals surface area contributed by atoms with Gasteiger partial charge in [-0.25, -0.2) is 4.98 Å². The fourth-order valence-electron chi connectivity index (χ4n) is 1.09. The normalized spacial score (nSPS) is 9.79. The Morgan fingerprint density at radius 3 is 3.14 bits per heavy atom. The van der Waals surface area contributed by atoms with Crippen molar-refractivity contribution in [2.24, 2.45) is 0 Å². The minimum Gasteiger partial charge on any atom is -0.340 e. The Morgan fingerprint density at radius 2 is 2.57 bits per heavy atom. The Balaban J connectivity index is 2.41. The summed E-state index contributed by atoms with van der Waals surface area (Å²) in [5.74, 6) is -0.00434. The van der Waals surface area contributed by atoms with E-state index < -0.39 is 0 Å². The van der Waals surface area contributed by atoms with Crippen molar-refractivity contribution in [1.29, 1.82) is 0 Å². The van der Waals surface area contributed by atoms with Gasteiger partial charge in [0.05, 0.1) is 5.51 Å². The molecule has 1 aromatic heterocycles. The second-order valence-corrected chi connectivity index (χ2v) is 3.75. The highest BCUT2D eigenvalue weighted by atomic mass is 32.1. The topological polar surface area (TPSA) is 33.2 Å². The molecule has 0 N–H and O–H groups in total. The van der Waals surface area contributed by atoms with Crippen LogP contribution in [-0.4, -0.2) is 29.4 Å². The zero-order valence-electron chi connectivity index (χ0n) is 8.27. The molecule has 0 unspecified atom stereocenters. The first-order chi connectivity index (χ1) is 6.75. The molecule has 0 aliphatic rings. The number of rotatable bonds is 5. The van der Waals surface area contributed by atoms with E-state index in [0.717, 1.165) is 19.4 Å². The fraction of sp³-hybridized carbons (Fsp3) is 0.400. The van der Waals surface area contributed by atoms with Crippen molar-refractivity contribution in [1.82, 2.24) is 9.88 Å². The zero-order chi connectivity index (χ0) is 10.4. The summed E-state index contributed by atoms with van der Waals surface area (Å²) in [5.41, 5.74) is 2.21. The van der Waals surface area contributed by atoms with Crippen molar-refractivity contribution in [2.45, 2.75) is 12.8 Å². The predicted octanol–water partition coefficient (Wildman–Crippen LogP) is 2.18. The third-order valence-electron chi connectivity index (χ3n) is 1.90. The van der Waals surface area contributed by atoms with E-state index in [1.54, 1.807) is 22.8 Å². The lowest BCUT2D eigenvalue weighted by Crippen LogP contribution is -2.27. The van der Waals surface area contributed by atoms with Gasteiger partial charge in [-0.05, 0) is 12.8 Å². The molecule has 0 bridgehead atoms. The first-order valence-electron chi connectivity index (χ1n) is 4.50. The van der Waals surface area contributed by atoms with Gasteiger partial charge in [0, 0.05) is 19.0 Å². The molecule has 3 nitrogen and oxygen atoms in total. The van der Waals surface area contributed by atoms with E-state index in [9.17, 15) is 4.79 Å². The summed E-state index contributed by atoms with van der Waals surface area (Å²) in [6.07, 6.45) is 3.76. The molecule has 0 atom stereocenters. The Hall–Kier alpha value is -1.16. The molecular formula is C10H14N2OS. The van der Waals surface area contributed by atoms with Crippen molar-refractivity contribution in [3.8, 4) is 0 Å². The van der Waals surface area contributed by atoms with Gasteiger partial charge in [0.25, 0.3) is 5.91 Å². The monoisotopic (exact) mass is 210 g/mol. The number of unbranched alkanes of at least 4 members (excludes halogenated alkanes) is 1. The fourth-order valence-corrected chi connectivity index (χ4v) is 1.61. The molecule has 76 valence electrons. The summed E-state index contributed by atoms with van der Waals surface area (Å²) in [6, 6.07) is 0. The first kappa shape index (κ1) is 10.9. The summed E-state index contributed by atoms with van der Waals surface area (Å²) >= 11 is 1.44. The second kappa shape index (κ2) is 5.54. The number of hydrogen-bond acceptors (Lipinski definition) is 3. The standard InChI is InChI=1S/C10H14N2OS/c1-3-4-5-6-12(2)10(13)9-7-14-8-11-9/h3,7-8H,1,4-6H2,2H3. The average molecular weight is 210 g/mol. The van der Waals surface area contributed by atoms with Gasteiger partial charge in [-0.15, -0.1) is 17.9 Å². The Morgan fingerprint density at radius 1 is 1.79 bits per heavy atom. The zero-order valence-corrected chi connectivity index (χ0v) is 9.09. The first-order valence-corrected chi connectivity index (χ1v) is 5.44. The molecule has 0 aromatic carbocycles. The maximum Gasteiger partial charge on any atom is 0.273 e. The van der Waals surface area contributed by atoms with Gasteiger partial charge in [0.15, 0.2) is 0 Å². The van der Waals surface area contributed by atoms with E-state index in [4.69, 9.17) is 0 Å². The number of allylic oxidation sites excluding steroid dienone is 1. The van der Waals surface area contributed by atoms with Crippen LogP contribution in [0.5, 0.6) is 0 Å². The number of carbonyl (C=O) groups is 1. The number of nitrogens with zero attached hydrogens (tertiary/aromatic N) is 2. The predicted molar refractivity (Wildman–Crippen MR) is 58.5 cm³/mol. The molecule has 1 amide bonds. The molecule has 0 aliphatic heterocycles. The third-order valence-corrected chi connectivity index (χ3v) is 2.49. The van der Waals surface area contributed by atoms with Crippen LogP contribution in [0.3, 0.4) is 0 Å². The number of aromatic nitrogens is 1. The molecule has 1 rings (SSSR count).